The van der Waals surface area contributed by atoms with Gasteiger partial charge in [-0.3, -0.25) is 19.8 Å². The molecule has 1 N–H and O–H groups in total. The number of halogens is 1. The van der Waals surface area contributed by atoms with Crippen molar-refractivity contribution in [2.45, 2.75) is 45.8 Å². The lowest BCUT2D eigenvalue weighted by Gasteiger charge is -2.24. The molecule has 0 aromatic heterocycles. The second-order valence-corrected chi connectivity index (χ2v) is 7.44. The highest BCUT2D eigenvalue weighted by Gasteiger charge is 2.54. The summed E-state index contributed by atoms with van der Waals surface area (Å²) >= 11 is 0. The maximum absolute atomic E-state index is 11.8. The van der Waals surface area contributed by atoms with Crippen LogP contribution < -0.4 is 4.74 Å². The van der Waals surface area contributed by atoms with Crippen LogP contribution >= 0.6 is 12.4 Å². The fraction of sp³-hybridized carbons (Fsp3) is 0.611. The zero-order valence-corrected chi connectivity index (χ0v) is 15.8. The van der Waals surface area contributed by atoms with Gasteiger partial charge in [-0.25, -0.2) is 0 Å². The number of nitro benzene ring substituents is 1. The largest absolute Gasteiger partial charge is 0.491 e. The minimum Gasteiger partial charge on any atom is -0.491 e. The molecule has 8 heteroatoms. The number of aliphatic carboxylic acids is 1. The van der Waals surface area contributed by atoms with Crippen LogP contribution in [0, 0.1) is 21.4 Å². The SMILES string of the molecule is CC(C)Oc1ccc([N+](=O)[O-])cc1CN1C[C@@H]2CCC[C@@]2(C(=O)O)C1.Cl. The Balaban J connectivity index is 0.00000243. The molecule has 2 fully saturated rings. The van der Waals surface area contributed by atoms with Gasteiger partial charge in [-0.1, -0.05) is 6.42 Å². The summed E-state index contributed by atoms with van der Waals surface area (Å²) in [6.45, 7) is 5.50. The first kappa shape index (κ1) is 20.5. The standard InChI is InChI=1S/C18H24N2O5.ClH/c1-12(2)25-16-6-5-15(20(23)24)8-13(16)9-19-10-14-4-3-7-18(14,11-19)17(21)22;/h5-6,8,12,14H,3-4,7,9-11H2,1-2H3,(H,21,22);1H/t14-,18+;/m0./s1. The van der Waals surface area contributed by atoms with E-state index in [1.807, 2.05) is 13.8 Å². The van der Waals surface area contributed by atoms with Crippen LogP contribution in [0.3, 0.4) is 0 Å². The lowest BCUT2D eigenvalue weighted by atomic mass is 9.81. The number of likely N-dealkylation sites (tertiary alicyclic amines) is 1. The lowest BCUT2D eigenvalue weighted by Crippen LogP contribution is -2.35. The van der Waals surface area contributed by atoms with Crippen molar-refractivity contribution in [1.29, 1.82) is 0 Å². The summed E-state index contributed by atoms with van der Waals surface area (Å²) in [6.07, 6.45) is 2.58. The molecule has 0 unspecified atom stereocenters. The monoisotopic (exact) mass is 384 g/mol. The van der Waals surface area contributed by atoms with Crippen molar-refractivity contribution in [2.24, 2.45) is 11.3 Å². The lowest BCUT2D eigenvalue weighted by molar-refractivity contribution is -0.385. The highest BCUT2D eigenvalue weighted by Crippen LogP contribution is 2.49. The number of nitro groups is 1. The molecule has 1 aliphatic heterocycles. The van der Waals surface area contributed by atoms with E-state index >= 15 is 0 Å². The van der Waals surface area contributed by atoms with E-state index < -0.39 is 16.3 Å². The van der Waals surface area contributed by atoms with Gasteiger partial charge in [0.2, 0.25) is 0 Å². The van der Waals surface area contributed by atoms with E-state index in [0.29, 0.717) is 25.3 Å². The van der Waals surface area contributed by atoms with Gasteiger partial charge in [0.1, 0.15) is 5.75 Å². The van der Waals surface area contributed by atoms with Crippen molar-refractivity contribution in [3.8, 4) is 5.75 Å². The molecule has 0 spiro atoms. The van der Waals surface area contributed by atoms with Crippen molar-refractivity contribution in [1.82, 2.24) is 4.90 Å². The summed E-state index contributed by atoms with van der Waals surface area (Å²) in [5, 5.41) is 20.8. The Morgan fingerprint density at radius 3 is 2.81 bits per heavy atom. The number of hydrogen-bond donors (Lipinski definition) is 1. The second kappa shape index (κ2) is 7.80. The minimum absolute atomic E-state index is 0. The number of nitrogens with zero attached hydrogens (tertiary/aromatic N) is 2. The number of benzene rings is 1. The predicted octanol–water partition coefficient (Wildman–Crippen LogP) is 3.49. The molecule has 1 heterocycles. The van der Waals surface area contributed by atoms with Crippen LogP contribution in [0.25, 0.3) is 0 Å². The molecule has 2 atom stereocenters. The first-order chi connectivity index (χ1) is 11.8. The molecule has 144 valence electrons. The highest BCUT2D eigenvalue weighted by molar-refractivity contribution is 5.85. The van der Waals surface area contributed by atoms with Gasteiger partial charge >= 0.3 is 5.97 Å². The highest BCUT2D eigenvalue weighted by atomic mass is 35.5. The molecular weight excluding hydrogens is 360 g/mol. The Kier molecular flexibility index (Phi) is 6.13. The molecule has 1 aromatic rings. The summed E-state index contributed by atoms with van der Waals surface area (Å²) in [5.74, 6) is 0.0791. The molecule has 26 heavy (non-hydrogen) atoms. The number of rotatable bonds is 6. The first-order valence-corrected chi connectivity index (χ1v) is 8.71. The van der Waals surface area contributed by atoms with E-state index in [0.717, 1.165) is 24.9 Å². The quantitative estimate of drug-likeness (QED) is 0.596. The smallest absolute Gasteiger partial charge is 0.311 e. The number of non-ortho nitro benzene ring substituents is 1. The van der Waals surface area contributed by atoms with Gasteiger partial charge in [0.25, 0.3) is 5.69 Å². The predicted molar refractivity (Wildman–Crippen MR) is 98.8 cm³/mol. The Labute approximate surface area is 158 Å². The second-order valence-electron chi connectivity index (χ2n) is 7.44. The van der Waals surface area contributed by atoms with Crippen LogP contribution in [-0.4, -0.2) is 40.1 Å². The third-order valence-electron chi connectivity index (χ3n) is 5.38. The fourth-order valence-electron chi connectivity index (χ4n) is 4.28. The van der Waals surface area contributed by atoms with E-state index in [1.165, 1.54) is 6.07 Å². The van der Waals surface area contributed by atoms with Crippen molar-refractivity contribution < 1.29 is 19.6 Å². The van der Waals surface area contributed by atoms with E-state index in [9.17, 15) is 20.0 Å². The van der Waals surface area contributed by atoms with Crippen LogP contribution in [0.2, 0.25) is 0 Å². The number of carbonyl (C=O) groups is 1. The Bertz CT molecular complexity index is 696. The van der Waals surface area contributed by atoms with Crippen molar-refractivity contribution in [3.05, 3.63) is 33.9 Å². The van der Waals surface area contributed by atoms with Gasteiger partial charge in [-0.15, -0.1) is 12.4 Å². The van der Waals surface area contributed by atoms with Gasteiger partial charge in [0.15, 0.2) is 0 Å². The molecule has 1 saturated heterocycles. The topological polar surface area (TPSA) is 92.9 Å². The van der Waals surface area contributed by atoms with E-state index in [4.69, 9.17) is 4.74 Å². The minimum atomic E-state index is -0.713. The maximum Gasteiger partial charge on any atom is 0.311 e. The van der Waals surface area contributed by atoms with E-state index in [-0.39, 0.29) is 30.1 Å². The number of fused-ring (bicyclic) bond motifs is 1. The summed E-state index contributed by atoms with van der Waals surface area (Å²) in [7, 11) is 0. The van der Waals surface area contributed by atoms with Crippen LogP contribution in [0.15, 0.2) is 18.2 Å². The van der Waals surface area contributed by atoms with E-state index in [1.54, 1.807) is 12.1 Å². The van der Waals surface area contributed by atoms with Crippen LogP contribution in [0.5, 0.6) is 5.75 Å². The summed E-state index contributed by atoms with van der Waals surface area (Å²) in [4.78, 5) is 24.6. The number of carboxylic acid groups (broad SMARTS) is 1. The van der Waals surface area contributed by atoms with Crippen LogP contribution in [0.4, 0.5) is 5.69 Å². The van der Waals surface area contributed by atoms with Crippen LogP contribution in [0.1, 0.15) is 38.7 Å². The van der Waals surface area contributed by atoms with Gasteiger partial charge < -0.3 is 9.84 Å². The number of ether oxygens (including phenoxy) is 1. The number of carboxylic acids is 1. The molecular formula is C18H25ClN2O5. The summed E-state index contributed by atoms with van der Waals surface area (Å²) < 4.78 is 5.79. The molecule has 0 amide bonds. The molecule has 3 rings (SSSR count). The molecule has 0 bridgehead atoms. The van der Waals surface area contributed by atoms with Crippen molar-refractivity contribution in [2.75, 3.05) is 13.1 Å². The summed E-state index contributed by atoms with van der Waals surface area (Å²) in [6, 6.07) is 4.62. The van der Waals surface area contributed by atoms with Crippen molar-refractivity contribution in [3.63, 3.8) is 0 Å². The fourth-order valence-corrected chi connectivity index (χ4v) is 4.28. The van der Waals surface area contributed by atoms with Gasteiger partial charge in [-0.2, -0.15) is 0 Å². The Morgan fingerprint density at radius 1 is 1.50 bits per heavy atom. The van der Waals surface area contributed by atoms with Crippen LogP contribution in [-0.2, 0) is 11.3 Å². The van der Waals surface area contributed by atoms with Gasteiger partial charge in [-0.05, 0) is 38.7 Å². The van der Waals surface area contributed by atoms with Gasteiger partial charge in [0.05, 0.1) is 16.4 Å². The molecule has 0 radical (unpaired) electrons. The van der Waals surface area contributed by atoms with Gasteiger partial charge in [0, 0.05) is 37.3 Å². The Morgan fingerprint density at radius 2 is 2.23 bits per heavy atom. The molecule has 7 nitrogen and oxygen atoms in total. The third kappa shape index (κ3) is 3.78. The average molecular weight is 385 g/mol. The zero-order chi connectivity index (χ0) is 18.2. The Hall–Kier alpha value is -1.86. The summed E-state index contributed by atoms with van der Waals surface area (Å²) in [5.41, 5.74) is 0.113. The molecule has 2 aliphatic rings. The number of hydrogen-bond acceptors (Lipinski definition) is 5. The molecule has 1 aromatic carbocycles. The third-order valence-corrected chi connectivity index (χ3v) is 5.38. The van der Waals surface area contributed by atoms with E-state index in [2.05, 4.69) is 4.90 Å². The maximum atomic E-state index is 11.8. The molecule has 1 saturated carbocycles. The zero-order valence-electron chi connectivity index (χ0n) is 15.0. The first-order valence-electron chi connectivity index (χ1n) is 8.71. The normalized spacial score (nSPS) is 25.0. The molecule has 1 aliphatic carbocycles. The average Bonchev–Trinajstić information content (AvgIpc) is 3.06. The van der Waals surface area contributed by atoms with Crippen molar-refractivity contribution >= 4 is 24.1 Å².